The molecule has 0 saturated carbocycles. The lowest BCUT2D eigenvalue weighted by Gasteiger charge is -2.38. The lowest BCUT2D eigenvalue weighted by atomic mass is 9.87. The molecule has 0 bridgehead atoms. The summed E-state index contributed by atoms with van der Waals surface area (Å²) in [5.74, 6) is 0.115. The number of likely N-dealkylation sites (tertiary alicyclic amines) is 1. The summed E-state index contributed by atoms with van der Waals surface area (Å²) >= 11 is 0. The molecule has 1 aliphatic rings. The number of nitrogens with one attached hydrogen (secondary N) is 1. The highest BCUT2D eigenvalue weighted by atomic mass is 19.1. The van der Waals surface area contributed by atoms with Crippen LogP contribution in [0.25, 0.3) is 0 Å². The fourth-order valence-electron chi connectivity index (χ4n) is 3.41. The number of nitrogens with zero attached hydrogens (tertiary/aromatic N) is 1. The van der Waals surface area contributed by atoms with Crippen molar-refractivity contribution in [3.8, 4) is 0 Å². The lowest BCUT2D eigenvalue weighted by Crippen LogP contribution is -2.57. The van der Waals surface area contributed by atoms with E-state index in [0.717, 1.165) is 5.69 Å². The summed E-state index contributed by atoms with van der Waals surface area (Å²) in [6.07, 6.45) is 1.11. The number of hydrogen-bond donors (Lipinski definition) is 2. The van der Waals surface area contributed by atoms with Crippen molar-refractivity contribution in [2.75, 3.05) is 18.4 Å². The zero-order chi connectivity index (χ0) is 19.4. The number of amides is 1. The normalized spacial score (nSPS) is 17.1. The van der Waals surface area contributed by atoms with Gasteiger partial charge in [0.05, 0.1) is 5.54 Å². The summed E-state index contributed by atoms with van der Waals surface area (Å²) in [5.41, 5.74) is 8.19. The maximum Gasteiger partial charge on any atom is 0.244 e. The van der Waals surface area contributed by atoms with Crippen molar-refractivity contribution in [2.24, 2.45) is 5.73 Å². The van der Waals surface area contributed by atoms with Gasteiger partial charge < -0.3 is 11.1 Å². The third kappa shape index (κ3) is 4.73. The van der Waals surface area contributed by atoms with Gasteiger partial charge in [0.15, 0.2) is 0 Å². The molecule has 4 nitrogen and oxygen atoms in total. The van der Waals surface area contributed by atoms with Gasteiger partial charge in [0.2, 0.25) is 5.91 Å². The van der Waals surface area contributed by atoms with Crippen LogP contribution < -0.4 is 11.1 Å². The fraction of sp³-hybridized carbons (Fsp3) is 0.409. The van der Waals surface area contributed by atoms with E-state index in [9.17, 15) is 9.18 Å². The quantitative estimate of drug-likeness (QED) is 0.841. The number of halogens is 1. The average Bonchev–Trinajstić information content (AvgIpc) is 2.66. The van der Waals surface area contributed by atoms with Gasteiger partial charge in [0, 0.05) is 30.9 Å². The third-order valence-corrected chi connectivity index (χ3v) is 5.39. The Morgan fingerprint density at radius 2 is 1.78 bits per heavy atom. The second-order valence-corrected chi connectivity index (χ2v) is 7.75. The maximum absolute atomic E-state index is 13.8. The minimum Gasteiger partial charge on any atom is -0.324 e. The van der Waals surface area contributed by atoms with Crippen LogP contribution in [0, 0.1) is 5.82 Å². The fourth-order valence-corrected chi connectivity index (χ4v) is 3.41. The van der Waals surface area contributed by atoms with Crippen molar-refractivity contribution in [3.63, 3.8) is 0 Å². The highest BCUT2D eigenvalue weighted by molar-refractivity contribution is 5.98. The molecule has 0 radical (unpaired) electrons. The summed E-state index contributed by atoms with van der Waals surface area (Å²) in [7, 11) is 0. The van der Waals surface area contributed by atoms with Crippen molar-refractivity contribution in [2.45, 2.75) is 44.7 Å². The first-order valence-corrected chi connectivity index (χ1v) is 9.53. The van der Waals surface area contributed by atoms with Gasteiger partial charge in [0.1, 0.15) is 5.82 Å². The van der Waals surface area contributed by atoms with E-state index in [0.29, 0.717) is 44.0 Å². The molecule has 0 spiro atoms. The Morgan fingerprint density at radius 1 is 1.15 bits per heavy atom. The molecule has 0 aromatic heterocycles. The van der Waals surface area contributed by atoms with Crippen molar-refractivity contribution < 1.29 is 9.18 Å². The van der Waals surface area contributed by atoms with Crippen LogP contribution in [0.4, 0.5) is 10.1 Å². The highest BCUT2D eigenvalue weighted by Crippen LogP contribution is 2.24. The van der Waals surface area contributed by atoms with E-state index >= 15 is 0 Å². The average molecular weight is 369 g/mol. The number of carbonyl (C=O) groups excluding carboxylic acids is 1. The molecular weight excluding hydrogens is 341 g/mol. The zero-order valence-electron chi connectivity index (χ0n) is 16.0. The predicted octanol–water partition coefficient (Wildman–Crippen LogP) is 3.88. The van der Waals surface area contributed by atoms with E-state index < -0.39 is 5.54 Å². The Bertz CT molecular complexity index is 780. The lowest BCUT2D eigenvalue weighted by molar-refractivity contribution is -0.122. The van der Waals surface area contributed by atoms with Crippen molar-refractivity contribution >= 4 is 11.6 Å². The van der Waals surface area contributed by atoms with Crippen LogP contribution in [0.3, 0.4) is 0 Å². The number of hydrogen-bond acceptors (Lipinski definition) is 3. The van der Waals surface area contributed by atoms with Gasteiger partial charge >= 0.3 is 0 Å². The SMILES string of the molecule is CC(C)c1ccc(NC(=O)C2(N)CCN(Cc3ccccc3F)CC2)cc1. The number of carbonyl (C=O) groups is 1. The van der Waals surface area contributed by atoms with Crippen molar-refractivity contribution in [1.82, 2.24) is 4.90 Å². The minimum absolute atomic E-state index is 0.148. The maximum atomic E-state index is 13.8. The highest BCUT2D eigenvalue weighted by Gasteiger charge is 2.37. The van der Waals surface area contributed by atoms with Crippen LogP contribution in [-0.2, 0) is 11.3 Å². The van der Waals surface area contributed by atoms with E-state index in [1.807, 2.05) is 30.3 Å². The summed E-state index contributed by atoms with van der Waals surface area (Å²) in [6.45, 7) is 6.16. The van der Waals surface area contributed by atoms with Gasteiger partial charge in [-0.1, -0.05) is 44.2 Å². The van der Waals surface area contributed by atoms with Gasteiger partial charge in [0.25, 0.3) is 0 Å². The van der Waals surface area contributed by atoms with Gasteiger partial charge in [-0.15, -0.1) is 0 Å². The molecule has 2 aromatic rings. The predicted molar refractivity (Wildman–Crippen MR) is 107 cm³/mol. The first-order chi connectivity index (χ1) is 12.9. The molecule has 1 aliphatic heterocycles. The molecule has 1 amide bonds. The van der Waals surface area contributed by atoms with Crippen LogP contribution in [0.15, 0.2) is 48.5 Å². The molecule has 3 rings (SSSR count). The van der Waals surface area contributed by atoms with Crippen LogP contribution in [0.1, 0.15) is 43.7 Å². The summed E-state index contributed by atoms with van der Waals surface area (Å²) in [6, 6.07) is 14.7. The van der Waals surface area contributed by atoms with E-state index in [1.54, 1.807) is 12.1 Å². The van der Waals surface area contributed by atoms with Crippen LogP contribution in [0.2, 0.25) is 0 Å². The smallest absolute Gasteiger partial charge is 0.244 e. The molecule has 3 N–H and O–H groups in total. The zero-order valence-corrected chi connectivity index (χ0v) is 16.0. The molecule has 0 atom stereocenters. The molecule has 27 heavy (non-hydrogen) atoms. The van der Waals surface area contributed by atoms with Crippen molar-refractivity contribution in [3.05, 3.63) is 65.5 Å². The Kier molecular flexibility index (Phi) is 5.92. The molecule has 0 aliphatic carbocycles. The summed E-state index contributed by atoms with van der Waals surface area (Å²) in [5, 5.41) is 2.95. The summed E-state index contributed by atoms with van der Waals surface area (Å²) < 4.78 is 13.8. The Balaban J connectivity index is 1.56. The first kappa shape index (κ1) is 19.5. The van der Waals surface area contributed by atoms with Crippen LogP contribution in [-0.4, -0.2) is 29.4 Å². The van der Waals surface area contributed by atoms with E-state index in [2.05, 4.69) is 24.1 Å². The molecule has 144 valence electrons. The third-order valence-electron chi connectivity index (χ3n) is 5.39. The number of piperidine rings is 1. The van der Waals surface area contributed by atoms with Crippen LogP contribution >= 0.6 is 0 Å². The number of benzene rings is 2. The Labute approximate surface area is 160 Å². The Morgan fingerprint density at radius 3 is 2.37 bits per heavy atom. The summed E-state index contributed by atoms with van der Waals surface area (Å²) in [4.78, 5) is 14.9. The van der Waals surface area contributed by atoms with Gasteiger partial charge in [-0.3, -0.25) is 9.69 Å². The van der Waals surface area contributed by atoms with Gasteiger partial charge in [-0.05, 0) is 42.5 Å². The standard InChI is InChI=1S/C22H28FN3O/c1-16(2)17-7-9-19(10-8-17)25-21(27)22(24)11-13-26(14-12-22)15-18-5-3-4-6-20(18)23/h3-10,16H,11-15,24H2,1-2H3,(H,25,27). The molecule has 1 fully saturated rings. The number of rotatable bonds is 5. The largest absolute Gasteiger partial charge is 0.324 e. The van der Waals surface area contributed by atoms with E-state index in [4.69, 9.17) is 5.73 Å². The molecule has 1 saturated heterocycles. The molecular formula is C22H28FN3O. The van der Waals surface area contributed by atoms with Gasteiger partial charge in [-0.25, -0.2) is 4.39 Å². The molecule has 5 heteroatoms. The minimum atomic E-state index is -0.886. The van der Waals surface area contributed by atoms with Crippen molar-refractivity contribution in [1.29, 1.82) is 0 Å². The number of anilines is 1. The van der Waals surface area contributed by atoms with Crippen LogP contribution in [0.5, 0.6) is 0 Å². The second kappa shape index (κ2) is 8.19. The molecule has 0 unspecified atom stereocenters. The second-order valence-electron chi connectivity index (χ2n) is 7.75. The molecule has 1 heterocycles. The van der Waals surface area contributed by atoms with Gasteiger partial charge in [-0.2, -0.15) is 0 Å². The monoisotopic (exact) mass is 369 g/mol. The number of nitrogens with two attached hydrogens (primary N) is 1. The first-order valence-electron chi connectivity index (χ1n) is 9.53. The van der Waals surface area contributed by atoms with E-state index in [1.165, 1.54) is 11.6 Å². The van der Waals surface area contributed by atoms with E-state index in [-0.39, 0.29) is 11.7 Å². The molecule has 2 aromatic carbocycles. The topological polar surface area (TPSA) is 58.4 Å². The Hall–Kier alpha value is -2.24.